The second kappa shape index (κ2) is 7.19. The highest BCUT2D eigenvalue weighted by atomic mass is 16.6. The summed E-state index contributed by atoms with van der Waals surface area (Å²) in [6.45, 7) is 7.39. The van der Waals surface area contributed by atoms with E-state index in [1.54, 1.807) is 9.80 Å². The first-order valence-electron chi connectivity index (χ1n) is 7.69. The Balaban J connectivity index is 1.86. The smallest absolute Gasteiger partial charge is 0.410 e. The van der Waals surface area contributed by atoms with Crippen molar-refractivity contribution in [3.63, 3.8) is 0 Å². The van der Waals surface area contributed by atoms with Gasteiger partial charge in [0.25, 0.3) is 5.91 Å². The molecular formula is C18H22N2O3. The number of hydrogen-bond donors (Lipinski definition) is 0. The van der Waals surface area contributed by atoms with Gasteiger partial charge in [-0.1, -0.05) is 24.1 Å². The molecule has 1 saturated heterocycles. The molecule has 0 aromatic heterocycles. The molecule has 1 heterocycles. The predicted octanol–water partition coefficient (Wildman–Crippen LogP) is 2.12. The van der Waals surface area contributed by atoms with Gasteiger partial charge in [-0.3, -0.25) is 4.79 Å². The summed E-state index contributed by atoms with van der Waals surface area (Å²) < 4.78 is 5.33. The third-order valence-electron chi connectivity index (χ3n) is 3.31. The molecule has 23 heavy (non-hydrogen) atoms. The molecule has 122 valence electrons. The number of carbonyl (C=O) groups excluding carboxylic acids is 2. The molecule has 0 unspecified atom stereocenters. The lowest BCUT2D eigenvalue weighted by Crippen LogP contribution is -2.51. The minimum absolute atomic E-state index is 0.210. The summed E-state index contributed by atoms with van der Waals surface area (Å²) >= 11 is 0. The van der Waals surface area contributed by atoms with Crippen molar-refractivity contribution in [1.29, 1.82) is 0 Å². The third kappa shape index (κ3) is 5.33. The normalized spacial score (nSPS) is 14.7. The van der Waals surface area contributed by atoms with Crippen molar-refractivity contribution in [3.8, 4) is 11.8 Å². The lowest BCUT2D eigenvalue weighted by atomic mass is 10.2. The second-order valence-corrected chi connectivity index (χ2v) is 6.38. The molecular weight excluding hydrogens is 292 g/mol. The van der Waals surface area contributed by atoms with Gasteiger partial charge < -0.3 is 14.5 Å². The Hall–Kier alpha value is -2.48. The van der Waals surface area contributed by atoms with E-state index in [0.717, 1.165) is 5.56 Å². The van der Waals surface area contributed by atoms with E-state index in [0.29, 0.717) is 26.2 Å². The van der Waals surface area contributed by atoms with E-state index in [4.69, 9.17) is 4.74 Å². The number of hydrogen-bond acceptors (Lipinski definition) is 3. The van der Waals surface area contributed by atoms with Crippen molar-refractivity contribution in [2.45, 2.75) is 26.4 Å². The Morgan fingerprint density at radius 1 is 1.00 bits per heavy atom. The average Bonchev–Trinajstić information content (AvgIpc) is 2.52. The maximum absolute atomic E-state index is 12.1. The summed E-state index contributed by atoms with van der Waals surface area (Å²) in [7, 11) is 0. The SMILES string of the molecule is CC(C)(C)OC(=O)N1CCN(C(=O)C#Cc2ccccc2)CC1. The van der Waals surface area contributed by atoms with E-state index in [9.17, 15) is 9.59 Å². The van der Waals surface area contributed by atoms with Gasteiger partial charge in [0.1, 0.15) is 5.60 Å². The van der Waals surface area contributed by atoms with Crippen LogP contribution in [0, 0.1) is 11.8 Å². The van der Waals surface area contributed by atoms with Crippen molar-refractivity contribution in [1.82, 2.24) is 9.80 Å². The molecule has 1 aliphatic rings. The zero-order valence-corrected chi connectivity index (χ0v) is 13.8. The molecule has 0 saturated carbocycles. The van der Waals surface area contributed by atoms with E-state index >= 15 is 0 Å². The van der Waals surface area contributed by atoms with Crippen molar-refractivity contribution in [2.24, 2.45) is 0 Å². The molecule has 1 fully saturated rings. The largest absolute Gasteiger partial charge is 0.444 e. The molecule has 1 aromatic carbocycles. The van der Waals surface area contributed by atoms with Crippen LogP contribution in [0.15, 0.2) is 30.3 Å². The highest BCUT2D eigenvalue weighted by Gasteiger charge is 2.27. The molecule has 5 nitrogen and oxygen atoms in total. The van der Waals surface area contributed by atoms with Gasteiger partial charge in [0.05, 0.1) is 0 Å². The van der Waals surface area contributed by atoms with Gasteiger partial charge >= 0.3 is 6.09 Å². The van der Waals surface area contributed by atoms with Crippen LogP contribution >= 0.6 is 0 Å². The summed E-state index contributed by atoms with van der Waals surface area (Å²) in [4.78, 5) is 27.4. The van der Waals surface area contributed by atoms with Crippen LogP contribution < -0.4 is 0 Å². The summed E-state index contributed by atoms with van der Waals surface area (Å²) in [6.07, 6.45) is -0.333. The minimum Gasteiger partial charge on any atom is -0.444 e. The number of amides is 2. The fourth-order valence-electron chi connectivity index (χ4n) is 2.14. The number of rotatable bonds is 0. The maximum atomic E-state index is 12.1. The van der Waals surface area contributed by atoms with Crippen LogP contribution in [0.4, 0.5) is 4.79 Å². The molecule has 0 aliphatic carbocycles. The van der Waals surface area contributed by atoms with Crippen LogP contribution in [0.1, 0.15) is 26.3 Å². The quantitative estimate of drug-likeness (QED) is 0.689. The number of nitrogens with zero attached hydrogens (tertiary/aromatic N) is 2. The number of benzene rings is 1. The van der Waals surface area contributed by atoms with Gasteiger partial charge in [0, 0.05) is 37.7 Å². The monoisotopic (exact) mass is 314 g/mol. The summed E-state index contributed by atoms with van der Waals surface area (Å²) in [5, 5.41) is 0. The fraction of sp³-hybridized carbons (Fsp3) is 0.444. The first-order valence-corrected chi connectivity index (χ1v) is 7.69. The second-order valence-electron chi connectivity index (χ2n) is 6.38. The lowest BCUT2D eigenvalue weighted by Gasteiger charge is -2.34. The van der Waals surface area contributed by atoms with Crippen molar-refractivity contribution in [2.75, 3.05) is 26.2 Å². The first kappa shape index (κ1) is 16.9. The molecule has 2 rings (SSSR count). The van der Waals surface area contributed by atoms with Crippen LogP contribution in [0.2, 0.25) is 0 Å². The molecule has 0 bridgehead atoms. The molecule has 0 N–H and O–H groups in total. The van der Waals surface area contributed by atoms with Crippen molar-refractivity contribution in [3.05, 3.63) is 35.9 Å². The van der Waals surface area contributed by atoms with E-state index in [-0.39, 0.29) is 12.0 Å². The topological polar surface area (TPSA) is 49.9 Å². The Morgan fingerprint density at radius 3 is 2.13 bits per heavy atom. The number of carbonyl (C=O) groups is 2. The third-order valence-corrected chi connectivity index (χ3v) is 3.31. The molecule has 2 amide bonds. The van der Waals surface area contributed by atoms with Crippen LogP contribution in [0.5, 0.6) is 0 Å². The van der Waals surface area contributed by atoms with Gasteiger partial charge in [0.15, 0.2) is 0 Å². The number of piperazine rings is 1. The highest BCUT2D eigenvalue weighted by Crippen LogP contribution is 2.11. The van der Waals surface area contributed by atoms with Crippen LogP contribution in [0.3, 0.4) is 0 Å². The molecule has 0 radical (unpaired) electrons. The van der Waals surface area contributed by atoms with E-state index in [2.05, 4.69) is 11.8 Å². The van der Waals surface area contributed by atoms with Gasteiger partial charge in [-0.15, -0.1) is 0 Å². The molecule has 5 heteroatoms. The van der Waals surface area contributed by atoms with E-state index < -0.39 is 5.60 Å². The minimum atomic E-state index is -0.509. The summed E-state index contributed by atoms with van der Waals surface area (Å²) in [6, 6.07) is 9.40. The Morgan fingerprint density at radius 2 is 1.57 bits per heavy atom. The summed E-state index contributed by atoms with van der Waals surface area (Å²) in [5.74, 6) is 5.30. The van der Waals surface area contributed by atoms with Crippen molar-refractivity contribution < 1.29 is 14.3 Å². The molecule has 0 atom stereocenters. The summed E-state index contributed by atoms with van der Waals surface area (Å²) in [5.41, 5.74) is 0.304. The van der Waals surface area contributed by atoms with Crippen LogP contribution in [0.25, 0.3) is 0 Å². The zero-order chi connectivity index (χ0) is 16.9. The van der Waals surface area contributed by atoms with E-state index in [1.807, 2.05) is 51.1 Å². The van der Waals surface area contributed by atoms with Crippen LogP contribution in [-0.2, 0) is 9.53 Å². The first-order chi connectivity index (χ1) is 10.8. The Bertz CT molecular complexity index is 615. The highest BCUT2D eigenvalue weighted by molar-refractivity contribution is 5.94. The Kier molecular flexibility index (Phi) is 5.28. The van der Waals surface area contributed by atoms with Crippen LogP contribution in [-0.4, -0.2) is 53.6 Å². The number of ether oxygens (including phenoxy) is 1. The van der Waals surface area contributed by atoms with E-state index in [1.165, 1.54) is 0 Å². The maximum Gasteiger partial charge on any atom is 0.410 e. The van der Waals surface area contributed by atoms with Gasteiger partial charge in [-0.25, -0.2) is 4.79 Å². The molecule has 1 aromatic rings. The molecule has 1 aliphatic heterocycles. The average molecular weight is 314 g/mol. The van der Waals surface area contributed by atoms with Gasteiger partial charge in [0.2, 0.25) is 0 Å². The fourth-order valence-corrected chi connectivity index (χ4v) is 2.14. The van der Waals surface area contributed by atoms with Gasteiger partial charge in [-0.05, 0) is 32.9 Å². The van der Waals surface area contributed by atoms with Crippen molar-refractivity contribution >= 4 is 12.0 Å². The standard InChI is InChI=1S/C18H22N2O3/c1-18(2,3)23-17(22)20-13-11-19(12-14-20)16(21)10-9-15-7-5-4-6-8-15/h4-8H,11-14H2,1-3H3. The zero-order valence-electron chi connectivity index (χ0n) is 13.8. The van der Waals surface area contributed by atoms with Gasteiger partial charge in [-0.2, -0.15) is 0 Å². The Labute approximate surface area is 137 Å². The predicted molar refractivity (Wildman–Crippen MR) is 87.7 cm³/mol. The lowest BCUT2D eigenvalue weighted by molar-refractivity contribution is -0.126. The molecule has 0 spiro atoms.